The lowest BCUT2D eigenvalue weighted by Crippen LogP contribution is -2.59. The van der Waals surface area contributed by atoms with Crippen LogP contribution in [0.25, 0.3) is 0 Å². The monoisotopic (exact) mass is 472 g/mol. The van der Waals surface area contributed by atoms with Gasteiger partial charge in [-0.05, 0) is 5.92 Å². The quantitative estimate of drug-likeness (QED) is 0.147. The molecular formula is C18H28N6O7S. The molecule has 0 aliphatic heterocycles. The number of nitrogens with two attached hydrogens (primary N) is 1. The fourth-order valence-electron chi connectivity index (χ4n) is 2.62. The van der Waals surface area contributed by atoms with E-state index in [0.29, 0.717) is 5.69 Å². The summed E-state index contributed by atoms with van der Waals surface area (Å²) in [7, 11) is 0. The van der Waals surface area contributed by atoms with E-state index in [1.165, 1.54) is 12.5 Å². The fraction of sp³-hybridized carbons (Fsp3) is 0.556. The number of carbonyl (C=O) groups excluding carboxylic acids is 3. The lowest BCUT2D eigenvalue weighted by atomic mass is 10.0. The minimum absolute atomic E-state index is 0.0740. The van der Waals surface area contributed by atoms with Crippen molar-refractivity contribution in [3.63, 3.8) is 0 Å². The van der Waals surface area contributed by atoms with Gasteiger partial charge in [0.15, 0.2) is 0 Å². The lowest BCUT2D eigenvalue weighted by Gasteiger charge is -2.26. The van der Waals surface area contributed by atoms with Crippen LogP contribution >= 0.6 is 12.6 Å². The van der Waals surface area contributed by atoms with Gasteiger partial charge in [-0.1, -0.05) is 13.8 Å². The van der Waals surface area contributed by atoms with E-state index in [-0.39, 0.29) is 12.2 Å². The summed E-state index contributed by atoms with van der Waals surface area (Å²) in [5.41, 5.74) is 6.39. The number of rotatable bonds is 13. The molecule has 3 amide bonds. The molecule has 1 rings (SSSR count). The van der Waals surface area contributed by atoms with Crippen LogP contribution in [0.15, 0.2) is 12.5 Å². The minimum atomic E-state index is -1.51. The Morgan fingerprint density at radius 1 is 1.06 bits per heavy atom. The number of aromatic nitrogens is 2. The Bertz CT molecular complexity index is 817. The van der Waals surface area contributed by atoms with Crippen LogP contribution in [-0.2, 0) is 30.4 Å². The van der Waals surface area contributed by atoms with Crippen molar-refractivity contribution in [3.8, 4) is 0 Å². The molecule has 178 valence electrons. The highest BCUT2D eigenvalue weighted by atomic mass is 32.1. The number of thiol groups is 1. The van der Waals surface area contributed by atoms with Gasteiger partial charge in [0.05, 0.1) is 18.8 Å². The molecule has 0 bridgehead atoms. The Morgan fingerprint density at radius 3 is 2.16 bits per heavy atom. The summed E-state index contributed by atoms with van der Waals surface area (Å²) in [6.07, 6.45) is 2.19. The van der Waals surface area contributed by atoms with Gasteiger partial charge in [0, 0.05) is 24.1 Å². The van der Waals surface area contributed by atoms with Gasteiger partial charge in [0.2, 0.25) is 17.7 Å². The number of nitrogens with zero attached hydrogens (tertiary/aromatic N) is 1. The van der Waals surface area contributed by atoms with E-state index in [1.54, 1.807) is 13.8 Å². The van der Waals surface area contributed by atoms with E-state index in [9.17, 15) is 24.0 Å². The minimum Gasteiger partial charge on any atom is -0.481 e. The van der Waals surface area contributed by atoms with Crippen LogP contribution in [0, 0.1) is 5.92 Å². The first-order valence-electron chi connectivity index (χ1n) is 9.65. The highest BCUT2D eigenvalue weighted by molar-refractivity contribution is 7.80. The van der Waals surface area contributed by atoms with Crippen molar-refractivity contribution in [2.75, 3.05) is 5.75 Å². The Kier molecular flexibility index (Phi) is 10.6. The largest absolute Gasteiger partial charge is 0.481 e. The van der Waals surface area contributed by atoms with E-state index in [4.69, 9.17) is 15.9 Å². The number of amides is 3. The third-order valence-electron chi connectivity index (χ3n) is 4.39. The van der Waals surface area contributed by atoms with Gasteiger partial charge < -0.3 is 36.9 Å². The van der Waals surface area contributed by atoms with Gasteiger partial charge in [-0.25, -0.2) is 9.78 Å². The molecule has 4 atom stereocenters. The van der Waals surface area contributed by atoms with Crippen LogP contribution in [0.5, 0.6) is 0 Å². The SMILES string of the molecule is CC(C)C(NC(=O)C(CC(=O)O)NC(=O)C(N)Cc1cnc[nH]1)C(=O)NC(CS)C(=O)O. The maximum absolute atomic E-state index is 12.7. The molecule has 1 aromatic heterocycles. The summed E-state index contributed by atoms with van der Waals surface area (Å²) < 4.78 is 0. The highest BCUT2D eigenvalue weighted by Crippen LogP contribution is 2.06. The molecule has 0 aliphatic rings. The number of carboxylic acids is 2. The van der Waals surface area contributed by atoms with Crippen LogP contribution in [0.3, 0.4) is 0 Å². The van der Waals surface area contributed by atoms with Gasteiger partial charge in [-0.15, -0.1) is 0 Å². The lowest BCUT2D eigenvalue weighted by molar-refractivity contribution is -0.143. The molecule has 13 nitrogen and oxygen atoms in total. The average Bonchev–Trinajstić information content (AvgIpc) is 3.21. The molecule has 0 saturated carbocycles. The maximum Gasteiger partial charge on any atom is 0.327 e. The van der Waals surface area contributed by atoms with Crippen LogP contribution in [-0.4, -0.2) is 79.8 Å². The van der Waals surface area contributed by atoms with Gasteiger partial charge in [-0.2, -0.15) is 12.6 Å². The van der Waals surface area contributed by atoms with Crippen LogP contribution in [0.2, 0.25) is 0 Å². The second kappa shape index (κ2) is 12.7. The van der Waals surface area contributed by atoms with Gasteiger partial charge in [0.25, 0.3) is 0 Å². The van der Waals surface area contributed by atoms with E-state index in [2.05, 4.69) is 38.5 Å². The highest BCUT2D eigenvalue weighted by Gasteiger charge is 2.32. The predicted octanol–water partition coefficient (Wildman–Crippen LogP) is -2.12. The number of hydrogen-bond acceptors (Lipinski definition) is 8. The zero-order chi connectivity index (χ0) is 24.4. The number of carboxylic acid groups (broad SMARTS) is 2. The molecule has 0 aromatic carbocycles. The number of H-pyrrole nitrogens is 1. The number of hydrogen-bond donors (Lipinski definition) is 8. The molecule has 0 fully saturated rings. The molecular weight excluding hydrogens is 444 g/mol. The predicted molar refractivity (Wildman–Crippen MR) is 115 cm³/mol. The Hall–Kier alpha value is -3.13. The number of nitrogens with one attached hydrogen (secondary N) is 4. The van der Waals surface area contributed by atoms with Crippen LogP contribution < -0.4 is 21.7 Å². The normalized spacial score (nSPS) is 14.7. The topological polar surface area (TPSA) is 217 Å². The molecule has 1 heterocycles. The summed E-state index contributed by atoms with van der Waals surface area (Å²) in [6, 6.07) is -5.06. The number of aliphatic carboxylic acids is 2. The summed E-state index contributed by atoms with van der Waals surface area (Å²) >= 11 is 3.86. The van der Waals surface area contributed by atoms with E-state index < -0.39 is 66.2 Å². The molecule has 4 unspecified atom stereocenters. The molecule has 1 aromatic rings. The summed E-state index contributed by atoms with van der Waals surface area (Å²) in [4.78, 5) is 66.5. The second-order valence-corrected chi connectivity index (χ2v) is 7.72. The molecule has 0 radical (unpaired) electrons. The third-order valence-corrected chi connectivity index (χ3v) is 4.75. The van der Waals surface area contributed by atoms with Gasteiger partial charge >= 0.3 is 11.9 Å². The van der Waals surface area contributed by atoms with Crippen molar-refractivity contribution in [3.05, 3.63) is 18.2 Å². The molecule has 8 N–H and O–H groups in total. The molecule has 32 heavy (non-hydrogen) atoms. The standard InChI is InChI=1S/C18H28N6O7S/c1-8(2)14(17(29)23-12(6-32)18(30)31)24-16(28)11(4-13(25)26)22-15(27)10(19)3-9-5-20-7-21-9/h5,7-8,10-12,14,32H,3-4,6,19H2,1-2H3,(H,20,21)(H,22,27)(H,23,29)(H,24,28)(H,25,26)(H,30,31). The second-order valence-electron chi connectivity index (χ2n) is 7.36. The Labute approximate surface area is 189 Å². The van der Waals surface area contributed by atoms with E-state index in [0.717, 1.165) is 0 Å². The first kappa shape index (κ1) is 26.9. The zero-order valence-electron chi connectivity index (χ0n) is 17.6. The first-order chi connectivity index (χ1) is 15.0. The van der Waals surface area contributed by atoms with Crippen molar-refractivity contribution in [1.82, 2.24) is 25.9 Å². The molecule has 0 spiro atoms. The van der Waals surface area contributed by atoms with Crippen molar-refractivity contribution >= 4 is 42.3 Å². The average molecular weight is 473 g/mol. The van der Waals surface area contributed by atoms with Crippen molar-refractivity contribution < 1.29 is 34.2 Å². The third kappa shape index (κ3) is 8.55. The van der Waals surface area contributed by atoms with Crippen molar-refractivity contribution in [2.45, 2.75) is 50.9 Å². The molecule has 0 saturated heterocycles. The first-order valence-corrected chi connectivity index (χ1v) is 10.3. The Balaban J connectivity index is 2.89. The van der Waals surface area contributed by atoms with Crippen molar-refractivity contribution in [2.24, 2.45) is 11.7 Å². The summed E-state index contributed by atoms with van der Waals surface area (Å²) in [6.45, 7) is 3.21. The van der Waals surface area contributed by atoms with Crippen LogP contribution in [0.4, 0.5) is 0 Å². The number of aromatic amines is 1. The number of carbonyl (C=O) groups is 5. The maximum atomic E-state index is 12.7. The Morgan fingerprint density at radius 2 is 1.69 bits per heavy atom. The fourth-order valence-corrected chi connectivity index (χ4v) is 2.87. The smallest absolute Gasteiger partial charge is 0.327 e. The van der Waals surface area contributed by atoms with Gasteiger partial charge in [0.1, 0.15) is 18.1 Å². The van der Waals surface area contributed by atoms with Gasteiger partial charge in [-0.3, -0.25) is 19.2 Å². The van der Waals surface area contributed by atoms with E-state index >= 15 is 0 Å². The van der Waals surface area contributed by atoms with E-state index in [1.807, 2.05) is 0 Å². The molecule has 0 aliphatic carbocycles. The van der Waals surface area contributed by atoms with Crippen molar-refractivity contribution in [1.29, 1.82) is 0 Å². The summed E-state index contributed by atoms with van der Waals surface area (Å²) in [5, 5.41) is 25.1. The molecule has 14 heteroatoms. The number of imidazole rings is 1. The van der Waals surface area contributed by atoms with Crippen LogP contribution in [0.1, 0.15) is 26.0 Å². The summed E-state index contributed by atoms with van der Waals surface area (Å²) in [5.74, 6) is -5.80. The zero-order valence-corrected chi connectivity index (χ0v) is 18.5.